The molecule has 0 saturated heterocycles. The first-order chi connectivity index (χ1) is 7.29. The van der Waals surface area contributed by atoms with Gasteiger partial charge in [-0.1, -0.05) is 25.8 Å². The maximum absolute atomic E-state index is 5.73. The van der Waals surface area contributed by atoms with Crippen molar-refractivity contribution < 1.29 is 9.47 Å². The van der Waals surface area contributed by atoms with Crippen molar-refractivity contribution in [1.82, 2.24) is 0 Å². The van der Waals surface area contributed by atoms with Gasteiger partial charge in [0.2, 0.25) is 0 Å². The molecule has 1 aliphatic carbocycles. The van der Waals surface area contributed by atoms with Crippen LogP contribution in [0.2, 0.25) is 0 Å². The van der Waals surface area contributed by atoms with E-state index in [-0.39, 0.29) is 5.41 Å². The molecule has 0 bridgehead atoms. The fourth-order valence-electron chi connectivity index (χ4n) is 2.39. The van der Waals surface area contributed by atoms with Crippen LogP contribution in [0.3, 0.4) is 0 Å². The first-order valence-corrected chi connectivity index (χ1v) is 5.93. The van der Waals surface area contributed by atoms with E-state index in [1.807, 2.05) is 6.08 Å². The van der Waals surface area contributed by atoms with E-state index in [4.69, 9.17) is 9.47 Å². The predicted octanol–water partition coefficient (Wildman–Crippen LogP) is 3.75. The minimum Gasteiger partial charge on any atom is -0.456 e. The molecule has 0 atom stereocenters. The van der Waals surface area contributed by atoms with Gasteiger partial charge >= 0.3 is 0 Å². The average Bonchev–Trinajstić information content (AvgIpc) is 2.93. The zero-order valence-corrected chi connectivity index (χ0v) is 9.50. The lowest BCUT2D eigenvalue weighted by molar-refractivity contribution is -0.185. The molecule has 0 radical (unpaired) electrons. The van der Waals surface area contributed by atoms with E-state index < -0.39 is 5.79 Å². The Morgan fingerprint density at radius 2 is 1.93 bits per heavy atom. The number of rotatable bonds is 6. The highest BCUT2D eigenvalue weighted by Crippen LogP contribution is 2.60. The van der Waals surface area contributed by atoms with Gasteiger partial charge in [0.1, 0.15) is 12.5 Å². The molecule has 84 valence electrons. The van der Waals surface area contributed by atoms with Gasteiger partial charge in [0.15, 0.2) is 0 Å². The summed E-state index contributed by atoms with van der Waals surface area (Å²) in [6.45, 7) is 6.13. The minimum atomic E-state index is -0.427. The van der Waals surface area contributed by atoms with Gasteiger partial charge in [-0.15, -0.1) is 6.58 Å². The lowest BCUT2D eigenvalue weighted by atomic mass is 9.90. The molecule has 2 rings (SSSR count). The van der Waals surface area contributed by atoms with Gasteiger partial charge in [-0.3, -0.25) is 0 Å². The molecule has 1 saturated carbocycles. The second kappa shape index (κ2) is 3.92. The molecular weight excluding hydrogens is 188 g/mol. The van der Waals surface area contributed by atoms with Crippen molar-refractivity contribution in [1.29, 1.82) is 0 Å². The zero-order chi connectivity index (χ0) is 10.8. The highest BCUT2D eigenvalue weighted by molar-refractivity contribution is 5.16. The average molecular weight is 208 g/mol. The van der Waals surface area contributed by atoms with E-state index >= 15 is 0 Å². The van der Waals surface area contributed by atoms with Crippen LogP contribution in [0.25, 0.3) is 0 Å². The highest BCUT2D eigenvalue weighted by Gasteiger charge is 2.61. The molecule has 0 aromatic heterocycles. The summed E-state index contributed by atoms with van der Waals surface area (Å²) in [7, 11) is 0. The summed E-state index contributed by atoms with van der Waals surface area (Å²) in [5.41, 5.74) is 0.0737. The van der Waals surface area contributed by atoms with E-state index in [9.17, 15) is 0 Å². The molecule has 1 fully saturated rings. The summed E-state index contributed by atoms with van der Waals surface area (Å²) in [6.07, 6.45) is 12.3. The van der Waals surface area contributed by atoms with Crippen LogP contribution >= 0.6 is 0 Å². The molecular formula is C13H20O2. The van der Waals surface area contributed by atoms with Gasteiger partial charge in [-0.25, -0.2) is 0 Å². The Morgan fingerprint density at radius 1 is 1.27 bits per heavy atom. The van der Waals surface area contributed by atoms with Gasteiger partial charge < -0.3 is 9.47 Å². The van der Waals surface area contributed by atoms with Crippen molar-refractivity contribution >= 4 is 0 Å². The summed E-state index contributed by atoms with van der Waals surface area (Å²) in [6, 6.07) is 0. The number of hydrogen-bond donors (Lipinski definition) is 0. The topological polar surface area (TPSA) is 18.5 Å². The van der Waals surface area contributed by atoms with Crippen LogP contribution in [0.15, 0.2) is 25.2 Å². The predicted molar refractivity (Wildman–Crippen MR) is 60.0 cm³/mol. The molecule has 1 heterocycles. The smallest absolute Gasteiger partial charge is 0.258 e. The second-order valence-electron chi connectivity index (χ2n) is 4.58. The maximum Gasteiger partial charge on any atom is 0.258 e. The summed E-state index contributed by atoms with van der Waals surface area (Å²) < 4.78 is 11.5. The molecule has 0 N–H and O–H groups in total. The normalized spacial score (nSPS) is 24.3. The van der Waals surface area contributed by atoms with Crippen LogP contribution in [0.4, 0.5) is 0 Å². The molecule has 0 unspecified atom stereocenters. The Morgan fingerprint density at radius 3 is 2.40 bits per heavy atom. The van der Waals surface area contributed by atoms with E-state index in [1.165, 1.54) is 12.8 Å². The summed E-state index contributed by atoms with van der Waals surface area (Å²) in [4.78, 5) is 0. The van der Waals surface area contributed by atoms with Crippen molar-refractivity contribution in [2.24, 2.45) is 5.41 Å². The van der Waals surface area contributed by atoms with Gasteiger partial charge in [-0.05, 0) is 19.3 Å². The lowest BCUT2D eigenvalue weighted by Gasteiger charge is -2.34. The van der Waals surface area contributed by atoms with E-state index in [0.717, 1.165) is 25.7 Å². The second-order valence-corrected chi connectivity index (χ2v) is 4.58. The Balaban J connectivity index is 2.01. The molecule has 0 spiro atoms. The molecule has 0 aromatic rings. The summed E-state index contributed by atoms with van der Waals surface area (Å²) >= 11 is 0. The van der Waals surface area contributed by atoms with Gasteiger partial charge in [-0.2, -0.15) is 0 Å². The quantitative estimate of drug-likeness (QED) is 0.489. The largest absolute Gasteiger partial charge is 0.456 e. The van der Waals surface area contributed by atoms with Crippen molar-refractivity contribution in [2.75, 3.05) is 0 Å². The van der Waals surface area contributed by atoms with Crippen LogP contribution < -0.4 is 0 Å². The van der Waals surface area contributed by atoms with Crippen LogP contribution in [-0.2, 0) is 9.47 Å². The third kappa shape index (κ3) is 1.66. The Hall–Kier alpha value is -0.920. The molecule has 2 aliphatic rings. The number of ether oxygens (including phenoxy) is 2. The SMILES string of the molecule is C=CC1(C2(CCCCC)OC=CO2)CC1. The van der Waals surface area contributed by atoms with E-state index in [0.29, 0.717) is 0 Å². The Labute approximate surface area is 92.0 Å². The van der Waals surface area contributed by atoms with Crippen LogP contribution in [-0.4, -0.2) is 5.79 Å². The third-order valence-corrected chi connectivity index (χ3v) is 3.62. The van der Waals surface area contributed by atoms with Gasteiger partial charge in [0, 0.05) is 6.42 Å². The summed E-state index contributed by atoms with van der Waals surface area (Å²) in [5.74, 6) is -0.427. The van der Waals surface area contributed by atoms with Crippen LogP contribution in [0.1, 0.15) is 45.4 Å². The fourth-order valence-corrected chi connectivity index (χ4v) is 2.39. The van der Waals surface area contributed by atoms with Crippen molar-refractivity contribution in [3.63, 3.8) is 0 Å². The van der Waals surface area contributed by atoms with Gasteiger partial charge in [0.25, 0.3) is 5.79 Å². The molecule has 15 heavy (non-hydrogen) atoms. The lowest BCUT2D eigenvalue weighted by Crippen LogP contribution is -2.39. The van der Waals surface area contributed by atoms with E-state index in [1.54, 1.807) is 12.5 Å². The van der Waals surface area contributed by atoms with Crippen LogP contribution in [0, 0.1) is 5.41 Å². The Bertz CT molecular complexity index is 256. The number of hydrogen-bond acceptors (Lipinski definition) is 2. The van der Waals surface area contributed by atoms with E-state index in [2.05, 4.69) is 13.5 Å². The fraction of sp³-hybridized carbons (Fsp3) is 0.692. The van der Waals surface area contributed by atoms with Crippen molar-refractivity contribution in [3.05, 3.63) is 25.2 Å². The zero-order valence-electron chi connectivity index (χ0n) is 9.50. The van der Waals surface area contributed by atoms with Crippen molar-refractivity contribution in [2.45, 2.75) is 51.2 Å². The first kappa shape index (κ1) is 10.6. The standard InChI is InChI=1S/C13H20O2/c1-3-5-6-7-13(14-10-11-15-13)12(4-2)8-9-12/h4,10-11H,2-3,5-9H2,1H3. The highest BCUT2D eigenvalue weighted by atomic mass is 16.7. The van der Waals surface area contributed by atoms with Crippen LogP contribution in [0.5, 0.6) is 0 Å². The molecule has 2 heteroatoms. The third-order valence-electron chi connectivity index (χ3n) is 3.62. The summed E-state index contributed by atoms with van der Waals surface area (Å²) in [5, 5.41) is 0. The molecule has 2 nitrogen and oxygen atoms in total. The molecule has 0 aromatic carbocycles. The van der Waals surface area contributed by atoms with Gasteiger partial charge in [0.05, 0.1) is 5.41 Å². The Kier molecular flexibility index (Phi) is 2.76. The molecule has 1 aliphatic heterocycles. The van der Waals surface area contributed by atoms with Crippen molar-refractivity contribution in [3.8, 4) is 0 Å². The minimum absolute atomic E-state index is 0.0737. The molecule has 0 amide bonds. The maximum atomic E-state index is 5.73. The first-order valence-electron chi connectivity index (χ1n) is 5.93. The number of unbranched alkanes of at least 4 members (excludes halogenated alkanes) is 2. The monoisotopic (exact) mass is 208 g/mol.